The number of fused-ring (bicyclic) bond motifs is 1. The largest absolute Gasteiger partial charge is 0.382 e. The number of halogens is 1. The maximum Gasteiger partial charge on any atom is 0.160 e. The van der Waals surface area contributed by atoms with Gasteiger partial charge in [0.2, 0.25) is 0 Å². The van der Waals surface area contributed by atoms with Gasteiger partial charge in [0, 0.05) is 5.56 Å². The summed E-state index contributed by atoms with van der Waals surface area (Å²) >= 11 is 0. The molecule has 0 saturated heterocycles. The van der Waals surface area contributed by atoms with Crippen molar-refractivity contribution in [3.63, 3.8) is 0 Å². The van der Waals surface area contributed by atoms with Crippen LogP contribution in [0.15, 0.2) is 12.4 Å². The van der Waals surface area contributed by atoms with Crippen LogP contribution in [-0.4, -0.2) is 14.6 Å². The van der Waals surface area contributed by atoms with Crippen molar-refractivity contribution in [3.8, 4) is 0 Å². The van der Waals surface area contributed by atoms with Crippen molar-refractivity contribution in [3.05, 3.63) is 23.8 Å². The summed E-state index contributed by atoms with van der Waals surface area (Å²) in [6, 6.07) is 0. The molecule has 2 aromatic heterocycles. The van der Waals surface area contributed by atoms with Crippen molar-refractivity contribution in [2.75, 3.05) is 5.73 Å². The predicted octanol–water partition coefficient (Wildman–Crippen LogP) is 0.759. The molecule has 2 N–H and O–H groups in total. The molecule has 0 aliphatic heterocycles. The highest BCUT2D eigenvalue weighted by atomic mass is 19.1. The lowest BCUT2D eigenvalue weighted by Crippen LogP contribution is -1.91. The number of hydrogen-bond acceptors (Lipinski definition) is 3. The molecule has 5 heteroatoms. The molecule has 2 aromatic rings. The van der Waals surface area contributed by atoms with Gasteiger partial charge in [-0.2, -0.15) is 0 Å². The molecule has 12 heavy (non-hydrogen) atoms. The van der Waals surface area contributed by atoms with Crippen molar-refractivity contribution in [1.82, 2.24) is 14.6 Å². The van der Waals surface area contributed by atoms with Crippen molar-refractivity contribution < 1.29 is 4.39 Å². The first-order valence-electron chi connectivity index (χ1n) is 3.44. The fraction of sp³-hybridized carbons (Fsp3) is 0.143. The van der Waals surface area contributed by atoms with Gasteiger partial charge in [-0.05, 0) is 6.92 Å². The second kappa shape index (κ2) is 2.17. The van der Waals surface area contributed by atoms with Gasteiger partial charge < -0.3 is 5.73 Å². The first-order chi connectivity index (χ1) is 5.68. The Kier molecular flexibility index (Phi) is 1.27. The van der Waals surface area contributed by atoms with Gasteiger partial charge in [0.1, 0.15) is 0 Å². The third kappa shape index (κ3) is 0.827. The molecule has 0 aromatic carbocycles. The molecule has 62 valence electrons. The van der Waals surface area contributed by atoms with Gasteiger partial charge in [-0.1, -0.05) is 0 Å². The summed E-state index contributed by atoms with van der Waals surface area (Å²) in [6.45, 7) is 1.79. The molecule has 0 atom stereocenters. The Morgan fingerprint density at radius 1 is 1.58 bits per heavy atom. The zero-order valence-corrected chi connectivity index (χ0v) is 6.45. The molecular weight excluding hydrogens is 159 g/mol. The Labute approximate surface area is 67.8 Å². The van der Waals surface area contributed by atoms with Gasteiger partial charge in [0.05, 0.1) is 12.4 Å². The predicted molar refractivity (Wildman–Crippen MR) is 42.1 cm³/mol. The number of aryl methyl sites for hydroxylation is 1. The zero-order valence-electron chi connectivity index (χ0n) is 6.45. The normalized spacial score (nSPS) is 10.8. The van der Waals surface area contributed by atoms with Gasteiger partial charge in [0.25, 0.3) is 0 Å². The zero-order chi connectivity index (χ0) is 8.72. The van der Waals surface area contributed by atoms with Crippen LogP contribution in [0.3, 0.4) is 0 Å². The Balaban J connectivity index is 2.87. The van der Waals surface area contributed by atoms with E-state index in [0.29, 0.717) is 11.5 Å². The van der Waals surface area contributed by atoms with Gasteiger partial charge in [-0.3, -0.25) is 0 Å². The average molecular weight is 166 g/mol. The van der Waals surface area contributed by atoms with Gasteiger partial charge in [0.15, 0.2) is 17.3 Å². The fourth-order valence-corrected chi connectivity index (χ4v) is 1.04. The minimum Gasteiger partial charge on any atom is -0.382 e. The van der Waals surface area contributed by atoms with E-state index < -0.39 is 5.82 Å². The van der Waals surface area contributed by atoms with Crippen LogP contribution < -0.4 is 5.73 Å². The van der Waals surface area contributed by atoms with Crippen molar-refractivity contribution in [2.45, 2.75) is 6.92 Å². The number of nitrogens with two attached hydrogens (primary N) is 1. The second-order valence-electron chi connectivity index (χ2n) is 2.55. The molecule has 0 fully saturated rings. The summed E-state index contributed by atoms with van der Waals surface area (Å²) in [4.78, 5) is 3.85. The topological polar surface area (TPSA) is 56.2 Å². The first-order valence-corrected chi connectivity index (χ1v) is 3.44. The molecule has 0 aliphatic rings. The second-order valence-corrected chi connectivity index (χ2v) is 2.55. The summed E-state index contributed by atoms with van der Waals surface area (Å²) < 4.78 is 13.9. The van der Waals surface area contributed by atoms with Crippen LogP contribution in [0.25, 0.3) is 5.65 Å². The number of hydrogen-bond donors (Lipinski definition) is 1. The highest BCUT2D eigenvalue weighted by Crippen LogP contribution is 2.13. The van der Waals surface area contributed by atoms with Crippen LogP contribution >= 0.6 is 0 Å². The maximum absolute atomic E-state index is 12.6. The van der Waals surface area contributed by atoms with Crippen LogP contribution in [0.4, 0.5) is 10.2 Å². The molecule has 0 bridgehead atoms. The molecule has 0 aliphatic carbocycles. The van der Waals surface area contributed by atoms with Crippen molar-refractivity contribution in [2.24, 2.45) is 0 Å². The number of nitrogen functional groups attached to an aromatic ring is 1. The Morgan fingerprint density at radius 2 is 2.33 bits per heavy atom. The van der Waals surface area contributed by atoms with E-state index in [1.807, 2.05) is 0 Å². The number of anilines is 1. The average Bonchev–Trinajstić information content (AvgIpc) is 2.28. The Bertz CT molecular complexity index is 434. The van der Waals surface area contributed by atoms with Crippen LogP contribution in [0, 0.1) is 12.7 Å². The molecule has 0 unspecified atom stereocenters. The van der Waals surface area contributed by atoms with E-state index in [2.05, 4.69) is 10.1 Å². The van der Waals surface area contributed by atoms with Gasteiger partial charge >= 0.3 is 0 Å². The summed E-state index contributed by atoms with van der Waals surface area (Å²) in [5.41, 5.74) is 6.87. The molecular formula is C7H7FN4. The molecule has 0 saturated carbocycles. The summed E-state index contributed by atoms with van der Waals surface area (Å²) in [5.74, 6) is -0.0434. The van der Waals surface area contributed by atoms with Gasteiger partial charge in [-0.15, -0.1) is 5.10 Å². The third-order valence-corrected chi connectivity index (χ3v) is 1.71. The van der Waals surface area contributed by atoms with Crippen LogP contribution in [0.5, 0.6) is 0 Å². The minimum atomic E-state index is -0.426. The standard InChI is InChI=1S/C7H7FN4/c1-4-6(9)11-12-3-5(8)2-10-7(4)12/h2-3H,1H3,(H2,9,11). The monoisotopic (exact) mass is 166 g/mol. The van der Waals surface area contributed by atoms with E-state index in [1.54, 1.807) is 6.92 Å². The van der Waals surface area contributed by atoms with E-state index in [-0.39, 0.29) is 0 Å². The number of rotatable bonds is 0. The first kappa shape index (κ1) is 7.02. The molecule has 2 rings (SSSR count). The molecule has 0 radical (unpaired) electrons. The third-order valence-electron chi connectivity index (χ3n) is 1.71. The van der Waals surface area contributed by atoms with Crippen LogP contribution in [0.1, 0.15) is 5.56 Å². The van der Waals surface area contributed by atoms with Crippen molar-refractivity contribution in [1.29, 1.82) is 0 Å². The highest BCUT2D eigenvalue weighted by Gasteiger charge is 2.06. The molecule has 4 nitrogen and oxygen atoms in total. The highest BCUT2D eigenvalue weighted by molar-refractivity contribution is 5.57. The lowest BCUT2D eigenvalue weighted by molar-refractivity contribution is 0.607. The number of aromatic nitrogens is 3. The summed E-state index contributed by atoms with van der Waals surface area (Å²) in [5, 5.41) is 3.87. The van der Waals surface area contributed by atoms with Crippen LogP contribution in [0.2, 0.25) is 0 Å². The SMILES string of the molecule is Cc1c(N)nn2cc(F)cnc12. The summed E-state index contributed by atoms with van der Waals surface area (Å²) in [7, 11) is 0. The van der Waals surface area contributed by atoms with E-state index in [9.17, 15) is 4.39 Å². The molecule has 2 heterocycles. The lowest BCUT2D eigenvalue weighted by atomic mass is 10.3. The summed E-state index contributed by atoms with van der Waals surface area (Å²) in [6.07, 6.45) is 2.38. The van der Waals surface area contributed by atoms with Gasteiger partial charge in [-0.25, -0.2) is 13.9 Å². The smallest absolute Gasteiger partial charge is 0.160 e. The minimum absolute atomic E-state index is 0.383. The van der Waals surface area contributed by atoms with Crippen LogP contribution in [-0.2, 0) is 0 Å². The number of nitrogens with zero attached hydrogens (tertiary/aromatic N) is 3. The molecule has 0 amide bonds. The fourth-order valence-electron chi connectivity index (χ4n) is 1.04. The lowest BCUT2D eigenvalue weighted by Gasteiger charge is -1.90. The maximum atomic E-state index is 12.6. The van der Waals surface area contributed by atoms with E-state index in [4.69, 9.17) is 5.73 Å². The Morgan fingerprint density at radius 3 is 3.08 bits per heavy atom. The van der Waals surface area contributed by atoms with E-state index in [1.165, 1.54) is 10.7 Å². The quantitative estimate of drug-likeness (QED) is 0.628. The van der Waals surface area contributed by atoms with E-state index >= 15 is 0 Å². The van der Waals surface area contributed by atoms with Crippen molar-refractivity contribution >= 4 is 11.5 Å². The Hall–Kier alpha value is -1.65. The molecule has 0 spiro atoms. The van der Waals surface area contributed by atoms with E-state index in [0.717, 1.165) is 11.8 Å².